The molecule has 1 amide bonds. The maximum Gasteiger partial charge on any atom is 0.278 e. The number of benzene rings is 1. The van der Waals surface area contributed by atoms with E-state index in [9.17, 15) is 18.0 Å². The first-order chi connectivity index (χ1) is 9.93. The highest BCUT2D eigenvalue weighted by Crippen LogP contribution is 2.21. The fourth-order valence-electron chi connectivity index (χ4n) is 1.83. The highest BCUT2D eigenvalue weighted by Gasteiger charge is 2.20. The molecular weight excluding hydrogens is 285 g/mol. The van der Waals surface area contributed by atoms with E-state index in [0.29, 0.717) is 24.2 Å². The maximum atomic E-state index is 13.5. The van der Waals surface area contributed by atoms with Crippen LogP contribution >= 0.6 is 0 Å². The van der Waals surface area contributed by atoms with Crippen LogP contribution in [0, 0.1) is 17.5 Å². The minimum atomic E-state index is -1.40. The van der Waals surface area contributed by atoms with E-state index in [0.717, 1.165) is 6.42 Å². The van der Waals surface area contributed by atoms with Crippen LogP contribution in [0.4, 0.5) is 24.5 Å². The van der Waals surface area contributed by atoms with Crippen molar-refractivity contribution in [3.63, 3.8) is 0 Å². The molecule has 2 rings (SSSR count). The normalized spacial score (nSPS) is 10.7. The summed E-state index contributed by atoms with van der Waals surface area (Å²) in [6, 6.07) is 1.05. The van der Waals surface area contributed by atoms with Crippen LogP contribution in [0.2, 0.25) is 0 Å². The molecule has 2 aromatic rings. The Balaban J connectivity index is 2.26. The molecule has 1 heterocycles. The molecule has 112 valence electrons. The van der Waals surface area contributed by atoms with E-state index in [1.54, 1.807) is 0 Å². The van der Waals surface area contributed by atoms with Gasteiger partial charge in [-0.3, -0.25) is 9.89 Å². The monoisotopic (exact) mass is 298 g/mol. The summed E-state index contributed by atoms with van der Waals surface area (Å²) in [5.41, 5.74) is 5.69. The number of H-pyrrole nitrogens is 1. The number of amides is 1. The van der Waals surface area contributed by atoms with Crippen molar-refractivity contribution in [3.05, 3.63) is 41.0 Å². The first-order valence-electron chi connectivity index (χ1n) is 6.22. The molecule has 0 aliphatic carbocycles. The molecular formula is C13H13F3N4O. The van der Waals surface area contributed by atoms with E-state index in [1.807, 2.05) is 12.2 Å². The summed E-state index contributed by atoms with van der Waals surface area (Å²) < 4.78 is 39.6. The standard InChI is InChI=1S/C13H13F3N4O/c1-2-3-8-11(17)12(20-19-8)13(21)18-9-5-6(14)4-7(15)10(9)16/h4-5H,2-3,17H2,1H3,(H,18,21)(H,19,20). The summed E-state index contributed by atoms with van der Waals surface area (Å²) in [4.78, 5) is 11.9. The predicted octanol–water partition coefficient (Wildman–Crippen LogP) is 2.61. The van der Waals surface area contributed by atoms with Gasteiger partial charge in [0.1, 0.15) is 5.82 Å². The number of aromatic nitrogens is 2. The van der Waals surface area contributed by atoms with Gasteiger partial charge in [-0.2, -0.15) is 5.10 Å². The number of anilines is 2. The zero-order valence-corrected chi connectivity index (χ0v) is 11.1. The van der Waals surface area contributed by atoms with Crippen LogP contribution < -0.4 is 11.1 Å². The number of hydrogen-bond acceptors (Lipinski definition) is 3. The minimum Gasteiger partial charge on any atom is -0.395 e. The Morgan fingerprint density at radius 1 is 1.38 bits per heavy atom. The van der Waals surface area contributed by atoms with Gasteiger partial charge in [0.15, 0.2) is 17.3 Å². The number of nitrogens with one attached hydrogen (secondary N) is 2. The first kappa shape index (κ1) is 14.9. The summed E-state index contributed by atoms with van der Waals surface area (Å²) >= 11 is 0. The molecule has 0 aliphatic rings. The van der Waals surface area contributed by atoms with Crippen LogP contribution in [0.5, 0.6) is 0 Å². The van der Waals surface area contributed by atoms with Gasteiger partial charge >= 0.3 is 0 Å². The van der Waals surface area contributed by atoms with Crippen LogP contribution in [0.1, 0.15) is 29.5 Å². The molecule has 1 aromatic heterocycles. The van der Waals surface area contributed by atoms with Gasteiger partial charge in [-0.25, -0.2) is 13.2 Å². The van der Waals surface area contributed by atoms with Gasteiger partial charge in [0.2, 0.25) is 0 Å². The van der Waals surface area contributed by atoms with Crippen molar-refractivity contribution in [1.82, 2.24) is 10.2 Å². The second-order valence-corrected chi connectivity index (χ2v) is 4.42. The molecule has 0 spiro atoms. The molecule has 0 unspecified atom stereocenters. The number of halogens is 3. The maximum absolute atomic E-state index is 13.5. The largest absolute Gasteiger partial charge is 0.395 e. The predicted molar refractivity (Wildman–Crippen MR) is 71.3 cm³/mol. The van der Waals surface area contributed by atoms with Crippen molar-refractivity contribution >= 4 is 17.3 Å². The summed E-state index contributed by atoms with van der Waals surface area (Å²) in [6.45, 7) is 1.92. The molecule has 0 radical (unpaired) electrons. The van der Waals surface area contributed by atoms with Crippen molar-refractivity contribution in [2.24, 2.45) is 0 Å². The smallest absolute Gasteiger partial charge is 0.278 e. The molecule has 0 fully saturated rings. The molecule has 5 nitrogen and oxygen atoms in total. The third-order valence-electron chi connectivity index (χ3n) is 2.84. The van der Waals surface area contributed by atoms with Crippen LogP contribution in [0.3, 0.4) is 0 Å². The number of rotatable bonds is 4. The summed E-state index contributed by atoms with van der Waals surface area (Å²) in [5, 5.41) is 8.38. The van der Waals surface area contributed by atoms with E-state index in [2.05, 4.69) is 10.2 Å². The van der Waals surface area contributed by atoms with Gasteiger partial charge in [-0.1, -0.05) is 13.3 Å². The van der Waals surface area contributed by atoms with Crippen molar-refractivity contribution in [2.45, 2.75) is 19.8 Å². The number of nitrogens with zero attached hydrogens (tertiary/aromatic N) is 1. The number of carbonyl (C=O) groups is 1. The first-order valence-corrected chi connectivity index (χ1v) is 6.22. The summed E-state index contributed by atoms with van der Waals surface area (Å²) in [6.07, 6.45) is 1.38. The molecule has 1 aromatic carbocycles. The molecule has 4 N–H and O–H groups in total. The number of hydrogen-bond donors (Lipinski definition) is 3. The zero-order chi connectivity index (χ0) is 15.6. The Hall–Kier alpha value is -2.51. The van der Waals surface area contributed by atoms with E-state index in [4.69, 9.17) is 5.73 Å². The molecule has 8 heteroatoms. The van der Waals surface area contributed by atoms with Gasteiger partial charge in [0.05, 0.1) is 17.1 Å². The number of nitrogen functional groups attached to an aromatic ring is 1. The van der Waals surface area contributed by atoms with E-state index < -0.39 is 29.0 Å². The molecule has 0 atom stereocenters. The third-order valence-corrected chi connectivity index (χ3v) is 2.84. The van der Waals surface area contributed by atoms with Crippen LogP contribution in [-0.4, -0.2) is 16.1 Å². The van der Waals surface area contributed by atoms with Crippen molar-refractivity contribution in [1.29, 1.82) is 0 Å². The average Bonchev–Trinajstić information content (AvgIpc) is 2.77. The fraction of sp³-hybridized carbons (Fsp3) is 0.231. The molecule has 21 heavy (non-hydrogen) atoms. The van der Waals surface area contributed by atoms with Gasteiger partial charge < -0.3 is 11.1 Å². The van der Waals surface area contributed by atoms with Gasteiger partial charge in [-0.05, 0) is 6.42 Å². The van der Waals surface area contributed by atoms with Gasteiger partial charge in [0, 0.05) is 12.1 Å². The quantitative estimate of drug-likeness (QED) is 0.759. The fourth-order valence-corrected chi connectivity index (χ4v) is 1.83. The Kier molecular flexibility index (Phi) is 4.15. The van der Waals surface area contributed by atoms with E-state index >= 15 is 0 Å². The average molecular weight is 298 g/mol. The van der Waals surface area contributed by atoms with E-state index in [1.165, 1.54) is 0 Å². The lowest BCUT2D eigenvalue weighted by Gasteiger charge is -2.06. The van der Waals surface area contributed by atoms with Gasteiger partial charge in [-0.15, -0.1) is 0 Å². The summed E-state index contributed by atoms with van der Waals surface area (Å²) in [5.74, 6) is -4.61. The van der Waals surface area contributed by atoms with Crippen molar-refractivity contribution in [2.75, 3.05) is 11.1 Å². The van der Waals surface area contributed by atoms with Gasteiger partial charge in [0.25, 0.3) is 5.91 Å². The highest BCUT2D eigenvalue weighted by atomic mass is 19.2. The van der Waals surface area contributed by atoms with Crippen LogP contribution in [-0.2, 0) is 6.42 Å². The summed E-state index contributed by atoms with van der Waals surface area (Å²) in [7, 11) is 0. The lowest BCUT2D eigenvalue weighted by molar-refractivity contribution is 0.102. The van der Waals surface area contributed by atoms with Crippen molar-refractivity contribution < 1.29 is 18.0 Å². The zero-order valence-electron chi connectivity index (χ0n) is 11.1. The second kappa shape index (κ2) is 5.86. The SMILES string of the molecule is CCCc1[nH]nc(C(=O)Nc2cc(F)cc(F)c2F)c1N. The Morgan fingerprint density at radius 3 is 2.76 bits per heavy atom. The molecule has 0 aliphatic heterocycles. The van der Waals surface area contributed by atoms with Crippen LogP contribution in [0.15, 0.2) is 12.1 Å². The molecule has 0 saturated carbocycles. The highest BCUT2D eigenvalue weighted by molar-refractivity contribution is 6.06. The third kappa shape index (κ3) is 2.99. The second-order valence-electron chi connectivity index (χ2n) is 4.42. The Labute approximate surface area is 118 Å². The number of aromatic amines is 1. The molecule has 0 saturated heterocycles. The lowest BCUT2D eigenvalue weighted by atomic mass is 10.2. The van der Waals surface area contributed by atoms with Crippen molar-refractivity contribution in [3.8, 4) is 0 Å². The Bertz CT molecular complexity index is 684. The minimum absolute atomic E-state index is 0.131. The topological polar surface area (TPSA) is 83.8 Å². The van der Waals surface area contributed by atoms with E-state index in [-0.39, 0.29) is 11.4 Å². The Morgan fingerprint density at radius 2 is 2.10 bits per heavy atom. The number of aryl methyl sites for hydroxylation is 1. The van der Waals surface area contributed by atoms with Crippen LogP contribution in [0.25, 0.3) is 0 Å². The lowest BCUT2D eigenvalue weighted by Crippen LogP contribution is -2.16. The number of nitrogens with two attached hydrogens (primary N) is 1. The number of carbonyl (C=O) groups excluding carboxylic acids is 1. The molecule has 0 bridgehead atoms.